The molecule has 0 spiro atoms. The number of carbonyl (C=O) groups excluding carboxylic acids is 3. The van der Waals surface area contributed by atoms with E-state index in [9.17, 15) is 14.4 Å². The van der Waals surface area contributed by atoms with Crippen LogP contribution in [0.4, 0.5) is 4.79 Å². The quantitative estimate of drug-likeness (QED) is 0.481. The van der Waals surface area contributed by atoms with E-state index < -0.39 is 24.5 Å². The molecule has 0 saturated heterocycles. The lowest BCUT2D eigenvalue weighted by Gasteiger charge is -2.14. The van der Waals surface area contributed by atoms with Gasteiger partial charge in [0.15, 0.2) is 18.1 Å². The molecule has 0 bridgehead atoms. The zero-order chi connectivity index (χ0) is 25.8. The summed E-state index contributed by atoms with van der Waals surface area (Å²) in [6, 6.07) is 9.86. The number of urea groups is 1. The molecule has 1 aliphatic carbocycles. The first-order valence-corrected chi connectivity index (χ1v) is 11.0. The van der Waals surface area contributed by atoms with E-state index in [1.54, 1.807) is 33.5 Å². The summed E-state index contributed by atoms with van der Waals surface area (Å²) in [5, 5.41) is 2.49. The van der Waals surface area contributed by atoms with Crippen LogP contribution in [0, 0.1) is 0 Å². The van der Waals surface area contributed by atoms with Crippen molar-refractivity contribution in [1.29, 1.82) is 0 Å². The number of nitrogens with two attached hydrogens (primary N) is 1. The molecule has 3 amide bonds. The maximum atomic E-state index is 13.1. The predicted octanol–water partition coefficient (Wildman–Crippen LogP) is 3.10. The van der Waals surface area contributed by atoms with Crippen molar-refractivity contribution in [2.24, 2.45) is 5.73 Å². The third-order valence-corrected chi connectivity index (χ3v) is 5.77. The number of benzene rings is 2. The summed E-state index contributed by atoms with van der Waals surface area (Å²) < 4.78 is 21.5. The molecule has 0 unspecified atom stereocenters. The first kappa shape index (κ1) is 24.5. The van der Waals surface area contributed by atoms with Crippen molar-refractivity contribution in [3.8, 4) is 17.2 Å². The van der Waals surface area contributed by atoms with Crippen LogP contribution in [-0.4, -0.2) is 50.8 Å². The molecule has 3 aromatic rings. The lowest BCUT2D eigenvalue weighted by molar-refractivity contribution is -0.123. The van der Waals surface area contributed by atoms with E-state index in [2.05, 4.69) is 0 Å². The number of nitrogens with one attached hydrogen (secondary N) is 1. The van der Waals surface area contributed by atoms with E-state index in [4.69, 9.17) is 29.7 Å². The number of nitrogens with zero attached hydrogens (tertiary/aromatic N) is 1. The van der Waals surface area contributed by atoms with Crippen LogP contribution >= 0.6 is 0 Å². The minimum Gasteiger partial charge on any atom is -0.493 e. The number of para-hydroxylation sites is 1. The van der Waals surface area contributed by atoms with Crippen LogP contribution in [0.15, 0.2) is 36.4 Å². The molecule has 4 rings (SSSR count). The Hall–Kier alpha value is -4.60. The zero-order valence-corrected chi connectivity index (χ0v) is 20.0. The van der Waals surface area contributed by atoms with Crippen LogP contribution in [0.5, 0.6) is 17.2 Å². The summed E-state index contributed by atoms with van der Waals surface area (Å²) in [5.74, 6) is 0.0367. The molecule has 2 aromatic carbocycles. The number of fused-ring (bicyclic) bond motifs is 2. The largest absolute Gasteiger partial charge is 0.493 e. The number of primary amides is 1. The molecular formula is C26H25N3O7. The van der Waals surface area contributed by atoms with Gasteiger partial charge in [0.05, 0.1) is 38.1 Å². The number of hydrogen-bond acceptors (Lipinski definition) is 8. The number of pyridine rings is 1. The third kappa shape index (κ3) is 4.78. The van der Waals surface area contributed by atoms with Gasteiger partial charge >= 0.3 is 12.0 Å². The number of rotatable bonds is 7. The molecule has 0 aliphatic heterocycles. The number of amides is 3. The van der Waals surface area contributed by atoms with Gasteiger partial charge in [-0.1, -0.05) is 18.2 Å². The first-order valence-electron chi connectivity index (χ1n) is 11.0. The van der Waals surface area contributed by atoms with Gasteiger partial charge in [0.1, 0.15) is 0 Å². The number of aromatic nitrogens is 1. The van der Waals surface area contributed by atoms with Crippen LogP contribution in [0.3, 0.4) is 0 Å². The molecular weight excluding hydrogens is 466 g/mol. The summed E-state index contributed by atoms with van der Waals surface area (Å²) >= 11 is 0. The second-order valence-electron chi connectivity index (χ2n) is 7.95. The number of ether oxygens (including phenoxy) is 4. The zero-order valence-electron chi connectivity index (χ0n) is 20.0. The maximum Gasteiger partial charge on any atom is 0.339 e. The van der Waals surface area contributed by atoms with E-state index in [1.165, 1.54) is 0 Å². The molecule has 36 heavy (non-hydrogen) atoms. The molecule has 1 aromatic heterocycles. The molecule has 0 fully saturated rings. The van der Waals surface area contributed by atoms with E-state index in [0.29, 0.717) is 52.3 Å². The van der Waals surface area contributed by atoms with Crippen molar-refractivity contribution in [3.05, 3.63) is 58.8 Å². The fraction of sp³-hybridized carbons (Fsp3) is 0.231. The Morgan fingerprint density at radius 3 is 2.36 bits per heavy atom. The highest BCUT2D eigenvalue weighted by molar-refractivity contribution is 6.08. The first-order chi connectivity index (χ1) is 17.4. The summed E-state index contributed by atoms with van der Waals surface area (Å²) in [5.41, 5.74) is 9.04. The Morgan fingerprint density at radius 2 is 1.72 bits per heavy atom. The molecule has 0 atom stereocenters. The highest BCUT2D eigenvalue weighted by Gasteiger charge is 2.28. The second-order valence-corrected chi connectivity index (χ2v) is 7.95. The van der Waals surface area contributed by atoms with Crippen LogP contribution in [-0.2, 0) is 16.0 Å². The van der Waals surface area contributed by atoms with Gasteiger partial charge in [0, 0.05) is 5.39 Å². The summed E-state index contributed by atoms with van der Waals surface area (Å²) in [6.07, 6.45) is 3.16. The van der Waals surface area contributed by atoms with E-state index in [-0.39, 0.29) is 0 Å². The molecule has 1 aliphatic rings. The normalized spacial score (nSPS) is 13.2. The van der Waals surface area contributed by atoms with Crippen LogP contribution in [0.2, 0.25) is 0 Å². The standard InChI is InChI=1S/C26H25N3O7/c1-33-19-11-14(12-20(34-2)24(19)35-3)10-15-8-9-17-22(25(31)36-13-21(30)29-26(27)32)16-6-4-5-7-18(16)28-23(15)17/h4-7,10-12H,8-9,13H2,1-3H3,(H3,27,29,30,32). The minimum atomic E-state index is -1.02. The molecule has 1 heterocycles. The lowest BCUT2D eigenvalue weighted by Crippen LogP contribution is -2.37. The fourth-order valence-corrected chi connectivity index (χ4v) is 4.27. The van der Waals surface area contributed by atoms with Gasteiger partial charge in [-0.2, -0.15) is 0 Å². The minimum absolute atomic E-state index is 0.343. The molecule has 3 N–H and O–H groups in total. The summed E-state index contributed by atoms with van der Waals surface area (Å²) in [4.78, 5) is 40.5. The Labute approximate surface area is 207 Å². The Bertz CT molecular complexity index is 1370. The van der Waals surface area contributed by atoms with Gasteiger partial charge in [0.25, 0.3) is 5.91 Å². The van der Waals surface area contributed by atoms with Crippen molar-refractivity contribution in [2.45, 2.75) is 12.8 Å². The average Bonchev–Trinajstić information content (AvgIpc) is 3.26. The number of esters is 1. The Kier molecular flexibility index (Phi) is 7.05. The highest BCUT2D eigenvalue weighted by Crippen LogP contribution is 2.41. The number of imide groups is 1. The van der Waals surface area contributed by atoms with Crippen molar-refractivity contribution < 1.29 is 33.3 Å². The SMILES string of the molecule is COc1cc(C=C2CCc3c2nc2ccccc2c3C(=O)OCC(=O)NC(N)=O)cc(OC)c1OC. The van der Waals surface area contributed by atoms with Crippen molar-refractivity contribution in [2.75, 3.05) is 27.9 Å². The number of hydrogen-bond donors (Lipinski definition) is 2. The second kappa shape index (κ2) is 10.3. The van der Waals surface area contributed by atoms with Gasteiger partial charge in [-0.3, -0.25) is 10.1 Å². The number of carbonyl (C=O) groups is 3. The number of methoxy groups -OCH3 is 3. The van der Waals surface area contributed by atoms with Gasteiger partial charge in [-0.15, -0.1) is 0 Å². The van der Waals surface area contributed by atoms with Gasteiger partial charge in [-0.25, -0.2) is 14.6 Å². The molecule has 186 valence electrons. The van der Waals surface area contributed by atoms with Gasteiger partial charge in [-0.05, 0) is 53.8 Å². The van der Waals surface area contributed by atoms with E-state index in [1.807, 2.05) is 35.7 Å². The lowest BCUT2D eigenvalue weighted by atomic mass is 10.0. The van der Waals surface area contributed by atoms with Gasteiger partial charge in [0.2, 0.25) is 5.75 Å². The van der Waals surface area contributed by atoms with Crippen LogP contribution in [0.1, 0.15) is 33.6 Å². The third-order valence-electron chi connectivity index (χ3n) is 5.77. The monoisotopic (exact) mass is 491 g/mol. The van der Waals surface area contributed by atoms with Crippen LogP contribution in [0.25, 0.3) is 22.6 Å². The highest BCUT2D eigenvalue weighted by atomic mass is 16.5. The Morgan fingerprint density at radius 1 is 1.03 bits per heavy atom. The van der Waals surface area contributed by atoms with E-state index in [0.717, 1.165) is 16.7 Å². The van der Waals surface area contributed by atoms with Crippen molar-refractivity contribution in [1.82, 2.24) is 10.3 Å². The maximum absolute atomic E-state index is 13.1. The van der Waals surface area contributed by atoms with Crippen LogP contribution < -0.4 is 25.3 Å². The summed E-state index contributed by atoms with van der Waals surface area (Å²) in [6.45, 7) is -0.638. The Balaban J connectivity index is 1.76. The van der Waals surface area contributed by atoms with E-state index >= 15 is 0 Å². The molecule has 0 saturated carbocycles. The topological polar surface area (TPSA) is 139 Å². The summed E-state index contributed by atoms with van der Waals surface area (Å²) in [7, 11) is 4.64. The fourth-order valence-electron chi connectivity index (χ4n) is 4.27. The van der Waals surface area contributed by atoms with Gasteiger partial charge < -0.3 is 24.7 Å². The molecule has 0 radical (unpaired) electrons. The molecule has 10 nitrogen and oxygen atoms in total. The predicted molar refractivity (Wildman–Crippen MR) is 132 cm³/mol. The van der Waals surface area contributed by atoms with Crippen molar-refractivity contribution >= 4 is 40.5 Å². The average molecular weight is 492 g/mol. The smallest absolute Gasteiger partial charge is 0.339 e. The van der Waals surface area contributed by atoms with Crippen molar-refractivity contribution in [3.63, 3.8) is 0 Å². The number of allylic oxidation sites excluding steroid dienone is 1. The molecule has 10 heteroatoms.